The number of pyridine rings is 1. The maximum atomic E-state index is 11.2. The molecule has 0 radical (unpaired) electrons. The van der Waals surface area contributed by atoms with Crippen LogP contribution in [0.5, 0.6) is 0 Å². The highest BCUT2D eigenvalue weighted by Crippen LogP contribution is 1.85. The molecule has 78 valence electrons. The standard InChI is InChI=1S/C11H12N2O2/c1-9(14)12-7-3-2-5-10-6-4-8-13-11(10)15/h4,6,8H,3,7H2,1H3,(H,12,14)(H,13,15). The first-order valence-corrected chi connectivity index (χ1v) is 4.61. The third-order valence-electron chi connectivity index (χ3n) is 1.67. The molecular formula is C11H12N2O2. The first-order chi connectivity index (χ1) is 7.20. The number of rotatable bonds is 2. The summed E-state index contributed by atoms with van der Waals surface area (Å²) in [6.45, 7) is 1.96. The molecule has 4 nitrogen and oxygen atoms in total. The molecule has 1 rings (SSSR count). The largest absolute Gasteiger partial charge is 0.355 e. The molecule has 4 heteroatoms. The molecule has 0 aliphatic rings. The molecule has 2 N–H and O–H groups in total. The topological polar surface area (TPSA) is 62.0 Å². The molecule has 1 aromatic rings. The second-order valence-electron chi connectivity index (χ2n) is 2.95. The van der Waals surface area contributed by atoms with Gasteiger partial charge in [-0.1, -0.05) is 11.8 Å². The Morgan fingerprint density at radius 1 is 1.60 bits per heavy atom. The minimum absolute atomic E-state index is 0.0747. The fourth-order valence-electron chi connectivity index (χ4n) is 0.979. The maximum Gasteiger partial charge on any atom is 0.263 e. The minimum Gasteiger partial charge on any atom is -0.355 e. The van der Waals surface area contributed by atoms with Gasteiger partial charge in [0, 0.05) is 26.1 Å². The molecule has 0 atom stereocenters. The monoisotopic (exact) mass is 204 g/mol. The summed E-state index contributed by atoms with van der Waals surface area (Å²) in [6.07, 6.45) is 2.10. The molecular weight excluding hydrogens is 192 g/mol. The zero-order valence-electron chi connectivity index (χ0n) is 8.46. The number of aromatic amines is 1. The van der Waals surface area contributed by atoms with Crippen LogP contribution in [0.25, 0.3) is 0 Å². The highest BCUT2D eigenvalue weighted by molar-refractivity contribution is 5.72. The summed E-state index contributed by atoms with van der Waals surface area (Å²) >= 11 is 0. The second kappa shape index (κ2) is 5.66. The van der Waals surface area contributed by atoms with Crippen molar-refractivity contribution < 1.29 is 4.79 Å². The molecule has 0 bridgehead atoms. The van der Waals surface area contributed by atoms with Gasteiger partial charge in [-0.05, 0) is 12.1 Å². The predicted octanol–water partition coefficient (Wildman–Crippen LogP) is 0.253. The Bertz CT molecular complexity index is 451. The van der Waals surface area contributed by atoms with E-state index in [2.05, 4.69) is 22.1 Å². The van der Waals surface area contributed by atoms with Gasteiger partial charge in [-0.25, -0.2) is 0 Å². The quantitative estimate of drug-likeness (QED) is 0.536. The zero-order chi connectivity index (χ0) is 11.1. The lowest BCUT2D eigenvalue weighted by atomic mass is 10.3. The van der Waals surface area contributed by atoms with E-state index in [4.69, 9.17) is 0 Å². The van der Waals surface area contributed by atoms with E-state index in [9.17, 15) is 9.59 Å². The molecule has 1 amide bonds. The molecule has 0 aromatic carbocycles. The minimum atomic E-state index is -0.190. The summed E-state index contributed by atoms with van der Waals surface area (Å²) in [4.78, 5) is 24.2. The lowest BCUT2D eigenvalue weighted by molar-refractivity contribution is -0.118. The summed E-state index contributed by atoms with van der Waals surface area (Å²) in [7, 11) is 0. The lowest BCUT2D eigenvalue weighted by Crippen LogP contribution is -2.20. The van der Waals surface area contributed by atoms with Crippen LogP contribution in [0.2, 0.25) is 0 Å². The van der Waals surface area contributed by atoms with Crippen molar-refractivity contribution in [3.8, 4) is 11.8 Å². The van der Waals surface area contributed by atoms with Crippen LogP contribution >= 0.6 is 0 Å². The summed E-state index contributed by atoms with van der Waals surface area (Å²) in [6, 6.07) is 3.38. The van der Waals surface area contributed by atoms with E-state index in [1.165, 1.54) is 6.92 Å². The Hall–Kier alpha value is -2.02. The number of carbonyl (C=O) groups is 1. The highest BCUT2D eigenvalue weighted by atomic mass is 16.1. The van der Waals surface area contributed by atoms with Crippen LogP contribution in [0.3, 0.4) is 0 Å². The normalized spacial score (nSPS) is 8.87. The number of hydrogen-bond acceptors (Lipinski definition) is 2. The molecule has 0 saturated heterocycles. The fraction of sp³-hybridized carbons (Fsp3) is 0.273. The number of nitrogens with one attached hydrogen (secondary N) is 2. The van der Waals surface area contributed by atoms with Crippen molar-refractivity contribution >= 4 is 5.91 Å². The van der Waals surface area contributed by atoms with Crippen molar-refractivity contribution in [3.63, 3.8) is 0 Å². The average Bonchev–Trinajstić information content (AvgIpc) is 2.20. The third-order valence-corrected chi connectivity index (χ3v) is 1.67. The van der Waals surface area contributed by atoms with E-state index in [0.29, 0.717) is 18.5 Å². The zero-order valence-corrected chi connectivity index (χ0v) is 8.46. The van der Waals surface area contributed by atoms with Crippen LogP contribution in [-0.2, 0) is 4.79 Å². The van der Waals surface area contributed by atoms with Gasteiger partial charge in [-0.2, -0.15) is 0 Å². The number of aromatic nitrogens is 1. The molecule has 1 heterocycles. The van der Waals surface area contributed by atoms with Gasteiger partial charge in [-0.3, -0.25) is 9.59 Å². The molecule has 0 aliphatic carbocycles. The van der Waals surface area contributed by atoms with Crippen molar-refractivity contribution in [2.75, 3.05) is 6.54 Å². The Morgan fingerprint density at radius 3 is 3.07 bits per heavy atom. The van der Waals surface area contributed by atoms with E-state index in [0.717, 1.165) is 0 Å². The smallest absolute Gasteiger partial charge is 0.263 e. The first-order valence-electron chi connectivity index (χ1n) is 4.61. The van der Waals surface area contributed by atoms with E-state index in [-0.39, 0.29) is 11.5 Å². The van der Waals surface area contributed by atoms with Gasteiger partial charge in [-0.15, -0.1) is 0 Å². The molecule has 0 saturated carbocycles. The van der Waals surface area contributed by atoms with Crippen LogP contribution in [0.1, 0.15) is 18.9 Å². The summed E-state index contributed by atoms with van der Waals surface area (Å²) in [5.74, 6) is 5.48. The van der Waals surface area contributed by atoms with Crippen LogP contribution in [0.15, 0.2) is 23.1 Å². The number of carbonyl (C=O) groups excluding carboxylic acids is 1. The van der Waals surface area contributed by atoms with E-state index < -0.39 is 0 Å². The fourth-order valence-corrected chi connectivity index (χ4v) is 0.979. The van der Waals surface area contributed by atoms with E-state index >= 15 is 0 Å². The van der Waals surface area contributed by atoms with Crippen molar-refractivity contribution in [1.82, 2.24) is 10.3 Å². The summed E-state index contributed by atoms with van der Waals surface area (Å²) < 4.78 is 0. The Labute approximate surface area is 87.7 Å². The van der Waals surface area contributed by atoms with Gasteiger partial charge in [0.1, 0.15) is 0 Å². The number of hydrogen-bond donors (Lipinski definition) is 2. The van der Waals surface area contributed by atoms with Gasteiger partial charge < -0.3 is 10.3 Å². The molecule has 1 aromatic heterocycles. The van der Waals surface area contributed by atoms with Crippen LogP contribution in [0.4, 0.5) is 0 Å². The van der Waals surface area contributed by atoms with Crippen molar-refractivity contribution in [2.24, 2.45) is 0 Å². The highest BCUT2D eigenvalue weighted by Gasteiger charge is 1.91. The first kappa shape index (κ1) is 11.1. The summed E-state index contributed by atoms with van der Waals surface area (Å²) in [5.41, 5.74) is 0.254. The van der Waals surface area contributed by atoms with Crippen LogP contribution in [0, 0.1) is 11.8 Å². The Kier molecular flexibility index (Phi) is 4.17. The van der Waals surface area contributed by atoms with Crippen molar-refractivity contribution in [2.45, 2.75) is 13.3 Å². The molecule has 15 heavy (non-hydrogen) atoms. The lowest BCUT2D eigenvalue weighted by Gasteiger charge is -1.94. The third kappa shape index (κ3) is 4.14. The van der Waals surface area contributed by atoms with E-state index in [1.54, 1.807) is 18.3 Å². The summed E-state index contributed by atoms with van der Waals surface area (Å²) in [5, 5.41) is 2.62. The maximum absolute atomic E-state index is 11.2. The Morgan fingerprint density at radius 2 is 2.40 bits per heavy atom. The van der Waals surface area contributed by atoms with Gasteiger partial charge in [0.2, 0.25) is 5.91 Å². The van der Waals surface area contributed by atoms with E-state index in [1.807, 2.05) is 0 Å². The van der Waals surface area contributed by atoms with Crippen LogP contribution in [-0.4, -0.2) is 17.4 Å². The van der Waals surface area contributed by atoms with Crippen LogP contribution < -0.4 is 10.9 Å². The number of amides is 1. The predicted molar refractivity (Wildman–Crippen MR) is 57.2 cm³/mol. The van der Waals surface area contributed by atoms with Gasteiger partial charge >= 0.3 is 0 Å². The van der Waals surface area contributed by atoms with Crippen molar-refractivity contribution in [3.05, 3.63) is 34.2 Å². The molecule has 0 unspecified atom stereocenters. The Balaban J connectivity index is 2.49. The number of H-pyrrole nitrogens is 1. The average molecular weight is 204 g/mol. The van der Waals surface area contributed by atoms with Gasteiger partial charge in [0.05, 0.1) is 5.56 Å². The molecule has 0 fully saturated rings. The second-order valence-corrected chi connectivity index (χ2v) is 2.95. The molecule has 0 aliphatic heterocycles. The van der Waals surface area contributed by atoms with Gasteiger partial charge in [0.25, 0.3) is 5.56 Å². The van der Waals surface area contributed by atoms with Crippen molar-refractivity contribution in [1.29, 1.82) is 0 Å². The van der Waals surface area contributed by atoms with Gasteiger partial charge in [0.15, 0.2) is 0 Å². The SMILES string of the molecule is CC(=O)NCCC#Cc1ccc[nH]c1=O. The molecule has 0 spiro atoms.